The summed E-state index contributed by atoms with van der Waals surface area (Å²) in [6, 6.07) is 5.52. The summed E-state index contributed by atoms with van der Waals surface area (Å²) < 4.78 is 0. The molecular formula is C24H32N4O3. The van der Waals surface area contributed by atoms with Crippen molar-refractivity contribution < 1.29 is 14.4 Å². The minimum absolute atomic E-state index is 0.0695. The molecule has 5 rings (SSSR count). The highest BCUT2D eigenvalue weighted by Gasteiger charge is 2.42. The van der Waals surface area contributed by atoms with Crippen LogP contribution >= 0.6 is 0 Å². The molecule has 7 heteroatoms. The normalized spacial score (nSPS) is 28.7. The van der Waals surface area contributed by atoms with E-state index in [0.29, 0.717) is 24.3 Å². The summed E-state index contributed by atoms with van der Waals surface area (Å²) in [6.07, 6.45) is 4.44. The van der Waals surface area contributed by atoms with Gasteiger partial charge in [0.1, 0.15) is 6.04 Å². The first kappa shape index (κ1) is 20.6. The largest absolute Gasteiger partial charge is 0.322 e. The van der Waals surface area contributed by atoms with Crippen LogP contribution < -0.4 is 10.6 Å². The second kappa shape index (κ2) is 8.02. The third-order valence-electron chi connectivity index (χ3n) is 8.14. The van der Waals surface area contributed by atoms with Gasteiger partial charge in [0, 0.05) is 31.6 Å². The fourth-order valence-corrected chi connectivity index (χ4v) is 6.17. The van der Waals surface area contributed by atoms with Crippen molar-refractivity contribution in [2.24, 2.45) is 11.3 Å². The summed E-state index contributed by atoms with van der Waals surface area (Å²) in [6.45, 7) is 8.00. The van der Waals surface area contributed by atoms with E-state index in [1.54, 1.807) is 4.90 Å². The Hall–Kier alpha value is -2.25. The number of imide groups is 1. The number of carbonyl (C=O) groups is 3. The van der Waals surface area contributed by atoms with Gasteiger partial charge in [-0.2, -0.15) is 0 Å². The summed E-state index contributed by atoms with van der Waals surface area (Å²) in [5, 5.41) is 5.88. The second-order valence-electron chi connectivity index (χ2n) is 9.85. The lowest BCUT2D eigenvalue weighted by atomic mass is 9.65. The highest BCUT2D eigenvalue weighted by atomic mass is 16.2. The number of amides is 3. The lowest BCUT2D eigenvalue weighted by Gasteiger charge is -2.49. The summed E-state index contributed by atoms with van der Waals surface area (Å²) in [5.41, 5.74) is 3.29. The fourth-order valence-electron chi connectivity index (χ4n) is 6.17. The molecule has 31 heavy (non-hydrogen) atoms. The number of likely N-dealkylation sites (tertiary alicyclic amines) is 1. The Bertz CT molecular complexity index is 908. The molecule has 166 valence electrons. The molecule has 1 aromatic rings. The maximum Gasteiger partial charge on any atom is 0.255 e. The molecule has 4 aliphatic heterocycles. The van der Waals surface area contributed by atoms with Crippen LogP contribution in [0.2, 0.25) is 0 Å². The third kappa shape index (κ3) is 3.68. The van der Waals surface area contributed by atoms with Gasteiger partial charge in [0.05, 0.1) is 0 Å². The molecule has 3 fully saturated rings. The van der Waals surface area contributed by atoms with Crippen LogP contribution in [-0.2, 0) is 22.7 Å². The van der Waals surface area contributed by atoms with E-state index >= 15 is 0 Å². The monoisotopic (exact) mass is 424 g/mol. The van der Waals surface area contributed by atoms with Crippen molar-refractivity contribution in [3.8, 4) is 0 Å². The molecule has 2 atom stereocenters. The predicted molar refractivity (Wildman–Crippen MR) is 116 cm³/mol. The van der Waals surface area contributed by atoms with E-state index in [0.717, 1.165) is 49.4 Å². The zero-order chi connectivity index (χ0) is 21.6. The van der Waals surface area contributed by atoms with Gasteiger partial charge in [-0.25, -0.2) is 0 Å². The molecule has 0 saturated carbocycles. The van der Waals surface area contributed by atoms with Gasteiger partial charge < -0.3 is 10.2 Å². The van der Waals surface area contributed by atoms with E-state index in [1.807, 2.05) is 12.1 Å². The highest BCUT2D eigenvalue weighted by molar-refractivity contribution is 6.05. The van der Waals surface area contributed by atoms with Gasteiger partial charge in [-0.3, -0.25) is 24.6 Å². The molecule has 4 aliphatic rings. The van der Waals surface area contributed by atoms with Gasteiger partial charge in [-0.1, -0.05) is 25.1 Å². The summed E-state index contributed by atoms with van der Waals surface area (Å²) in [4.78, 5) is 41.3. The summed E-state index contributed by atoms with van der Waals surface area (Å²) in [5.74, 6) is -0.0244. The first-order valence-electron chi connectivity index (χ1n) is 11.7. The average molecular weight is 425 g/mol. The number of rotatable bonds is 3. The van der Waals surface area contributed by atoms with Crippen LogP contribution in [0, 0.1) is 11.3 Å². The molecular weight excluding hydrogens is 392 g/mol. The van der Waals surface area contributed by atoms with Gasteiger partial charge in [-0.15, -0.1) is 0 Å². The van der Waals surface area contributed by atoms with Crippen molar-refractivity contribution in [1.82, 2.24) is 20.4 Å². The van der Waals surface area contributed by atoms with E-state index in [1.165, 1.54) is 19.3 Å². The third-order valence-corrected chi connectivity index (χ3v) is 8.14. The van der Waals surface area contributed by atoms with Gasteiger partial charge in [0.15, 0.2) is 0 Å². The van der Waals surface area contributed by atoms with Gasteiger partial charge >= 0.3 is 0 Å². The number of benzene rings is 1. The topological polar surface area (TPSA) is 81.8 Å². The molecule has 2 N–H and O–H groups in total. The van der Waals surface area contributed by atoms with Gasteiger partial charge in [0.2, 0.25) is 11.8 Å². The van der Waals surface area contributed by atoms with Crippen LogP contribution in [-0.4, -0.2) is 59.7 Å². The Morgan fingerprint density at radius 3 is 2.68 bits per heavy atom. The smallest absolute Gasteiger partial charge is 0.255 e. The van der Waals surface area contributed by atoms with E-state index in [2.05, 4.69) is 28.5 Å². The SMILES string of the molecule is CC1CN(Cc2cccc3c2C(=O)N(C2CCC(=O)NC2=O)C3)CCC12CCNCC2. The van der Waals surface area contributed by atoms with Crippen LogP contribution in [0.1, 0.15) is 60.5 Å². The number of hydrogen-bond donors (Lipinski definition) is 2. The molecule has 1 spiro atoms. The molecule has 1 aromatic carbocycles. The van der Waals surface area contributed by atoms with Crippen LogP contribution in [0.5, 0.6) is 0 Å². The molecule has 0 radical (unpaired) electrons. The number of hydrogen-bond acceptors (Lipinski definition) is 5. The molecule has 0 bridgehead atoms. The first-order chi connectivity index (χ1) is 15.0. The summed E-state index contributed by atoms with van der Waals surface area (Å²) >= 11 is 0. The quantitative estimate of drug-likeness (QED) is 0.722. The van der Waals surface area contributed by atoms with Crippen molar-refractivity contribution in [3.63, 3.8) is 0 Å². The lowest BCUT2D eigenvalue weighted by Crippen LogP contribution is -2.52. The molecule has 2 unspecified atom stereocenters. The van der Waals surface area contributed by atoms with Crippen molar-refractivity contribution in [2.75, 3.05) is 26.2 Å². The number of carbonyl (C=O) groups excluding carboxylic acids is 3. The van der Waals surface area contributed by atoms with Gasteiger partial charge in [-0.05, 0) is 67.8 Å². The Kier molecular flexibility index (Phi) is 5.34. The molecule has 7 nitrogen and oxygen atoms in total. The number of piperidine rings is 3. The highest BCUT2D eigenvalue weighted by Crippen LogP contribution is 2.44. The number of fused-ring (bicyclic) bond motifs is 1. The van der Waals surface area contributed by atoms with Crippen molar-refractivity contribution in [1.29, 1.82) is 0 Å². The zero-order valence-corrected chi connectivity index (χ0v) is 18.3. The molecule has 3 saturated heterocycles. The lowest BCUT2D eigenvalue weighted by molar-refractivity contribution is -0.136. The van der Waals surface area contributed by atoms with Crippen LogP contribution in [0.4, 0.5) is 0 Å². The minimum atomic E-state index is -0.555. The standard InChI is InChI=1S/C24H32N4O3/c1-16-13-27(12-9-24(16)7-10-25-11-8-24)14-17-3-2-4-18-15-28(23(31)21(17)18)19-5-6-20(29)26-22(19)30/h2-4,16,19,25H,5-15H2,1H3,(H,26,29,30). The van der Waals surface area contributed by atoms with E-state index in [4.69, 9.17) is 0 Å². The van der Waals surface area contributed by atoms with Crippen LogP contribution in [0.15, 0.2) is 18.2 Å². The molecule has 3 amide bonds. The Balaban J connectivity index is 1.30. The zero-order valence-electron chi connectivity index (χ0n) is 18.3. The average Bonchev–Trinajstić information content (AvgIpc) is 3.09. The Morgan fingerprint density at radius 2 is 1.94 bits per heavy atom. The van der Waals surface area contributed by atoms with E-state index in [-0.39, 0.29) is 24.1 Å². The van der Waals surface area contributed by atoms with Crippen molar-refractivity contribution in [3.05, 3.63) is 34.9 Å². The predicted octanol–water partition coefficient (Wildman–Crippen LogP) is 1.66. The van der Waals surface area contributed by atoms with Gasteiger partial charge in [0.25, 0.3) is 5.91 Å². The maximum atomic E-state index is 13.3. The van der Waals surface area contributed by atoms with Crippen molar-refractivity contribution >= 4 is 17.7 Å². The molecule has 4 heterocycles. The maximum absolute atomic E-state index is 13.3. The van der Waals surface area contributed by atoms with Crippen LogP contribution in [0.25, 0.3) is 0 Å². The van der Waals surface area contributed by atoms with Crippen molar-refractivity contribution in [2.45, 2.75) is 58.2 Å². The van der Waals surface area contributed by atoms with E-state index < -0.39 is 6.04 Å². The summed E-state index contributed by atoms with van der Waals surface area (Å²) in [7, 11) is 0. The Morgan fingerprint density at radius 1 is 1.13 bits per heavy atom. The Labute approximate surface area is 183 Å². The first-order valence-corrected chi connectivity index (χ1v) is 11.7. The molecule has 0 aromatic heterocycles. The minimum Gasteiger partial charge on any atom is -0.322 e. The van der Waals surface area contributed by atoms with E-state index in [9.17, 15) is 14.4 Å². The number of nitrogens with zero attached hydrogens (tertiary/aromatic N) is 2. The molecule has 0 aliphatic carbocycles. The number of nitrogens with one attached hydrogen (secondary N) is 2. The fraction of sp³-hybridized carbons (Fsp3) is 0.625. The second-order valence-corrected chi connectivity index (χ2v) is 9.85. The van der Waals surface area contributed by atoms with Crippen LogP contribution in [0.3, 0.4) is 0 Å².